The number of benzene rings is 3. The monoisotopic (exact) mass is 385 g/mol. The second-order valence-electron chi connectivity index (χ2n) is 6.87. The number of carbonyl (C=O) groups excluding carboxylic acids is 1. The molecule has 3 aromatic rings. The van der Waals surface area contributed by atoms with E-state index in [1.54, 1.807) is 24.0 Å². The van der Waals surface area contributed by atoms with E-state index < -0.39 is 4.92 Å². The molecule has 29 heavy (non-hydrogen) atoms. The normalized spacial score (nSPS) is 15.8. The molecule has 0 N–H and O–H groups in total. The van der Waals surface area contributed by atoms with Crippen LogP contribution in [0.15, 0.2) is 83.9 Å². The molecule has 0 spiro atoms. The van der Waals surface area contributed by atoms with E-state index in [1.807, 2.05) is 54.6 Å². The van der Waals surface area contributed by atoms with Crippen LogP contribution in [0.3, 0.4) is 0 Å². The van der Waals surface area contributed by atoms with E-state index in [4.69, 9.17) is 4.99 Å². The molecule has 1 aliphatic heterocycles. The van der Waals surface area contributed by atoms with Crippen molar-refractivity contribution in [3.8, 4) is 0 Å². The molecule has 0 fully saturated rings. The van der Waals surface area contributed by atoms with E-state index in [9.17, 15) is 14.9 Å². The zero-order chi connectivity index (χ0) is 20.4. The van der Waals surface area contributed by atoms with Gasteiger partial charge in [0.15, 0.2) is 0 Å². The van der Waals surface area contributed by atoms with Crippen LogP contribution in [0.5, 0.6) is 0 Å². The lowest BCUT2D eigenvalue weighted by Crippen LogP contribution is -2.33. The van der Waals surface area contributed by atoms with Gasteiger partial charge in [-0.3, -0.25) is 19.9 Å². The molecular weight excluding hydrogens is 366 g/mol. The maximum atomic E-state index is 12.7. The minimum absolute atomic E-state index is 0.0355. The van der Waals surface area contributed by atoms with Crippen molar-refractivity contribution in [2.24, 2.45) is 4.99 Å². The Morgan fingerprint density at radius 3 is 2.31 bits per heavy atom. The lowest BCUT2D eigenvalue weighted by molar-refractivity contribution is -0.384. The van der Waals surface area contributed by atoms with Crippen molar-refractivity contribution >= 4 is 28.7 Å². The van der Waals surface area contributed by atoms with Gasteiger partial charge in [0.25, 0.3) is 5.69 Å². The minimum atomic E-state index is -0.418. The van der Waals surface area contributed by atoms with Gasteiger partial charge in [-0.1, -0.05) is 42.5 Å². The first-order chi connectivity index (χ1) is 14.0. The highest BCUT2D eigenvalue weighted by Crippen LogP contribution is 2.40. The molecule has 1 amide bonds. The van der Waals surface area contributed by atoms with Crippen molar-refractivity contribution in [2.45, 2.75) is 19.4 Å². The Hall–Kier alpha value is -3.80. The van der Waals surface area contributed by atoms with Crippen molar-refractivity contribution in [3.63, 3.8) is 0 Å². The Bertz CT molecular complexity index is 1090. The second kappa shape index (κ2) is 7.67. The predicted octanol–water partition coefficient (Wildman–Crippen LogP) is 5.21. The maximum Gasteiger partial charge on any atom is 0.269 e. The van der Waals surface area contributed by atoms with Crippen LogP contribution in [-0.4, -0.2) is 16.5 Å². The summed E-state index contributed by atoms with van der Waals surface area (Å²) in [5.41, 5.74) is 4.09. The SMILES string of the molecule is CC(=O)N1c2ccccc2N=C(c2ccc([N+](=O)[O-])cc2)CC1c1ccccc1. The smallest absolute Gasteiger partial charge is 0.269 e. The lowest BCUT2D eigenvalue weighted by Gasteiger charge is -2.30. The molecule has 3 aromatic carbocycles. The molecule has 6 heteroatoms. The van der Waals surface area contributed by atoms with E-state index in [1.165, 1.54) is 12.1 Å². The van der Waals surface area contributed by atoms with E-state index in [-0.39, 0.29) is 17.6 Å². The van der Waals surface area contributed by atoms with Crippen LogP contribution in [0, 0.1) is 10.1 Å². The number of carbonyl (C=O) groups is 1. The third kappa shape index (κ3) is 3.65. The Morgan fingerprint density at radius 1 is 1.00 bits per heavy atom. The molecule has 0 aromatic heterocycles. The number of anilines is 1. The van der Waals surface area contributed by atoms with E-state index >= 15 is 0 Å². The van der Waals surface area contributed by atoms with E-state index in [0.29, 0.717) is 12.1 Å². The van der Waals surface area contributed by atoms with Crippen molar-refractivity contribution in [1.82, 2.24) is 0 Å². The largest absolute Gasteiger partial charge is 0.303 e. The summed E-state index contributed by atoms with van der Waals surface area (Å²) in [7, 11) is 0. The summed E-state index contributed by atoms with van der Waals surface area (Å²) < 4.78 is 0. The number of hydrogen-bond donors (Lipinski definition) is 0. The number of rotatable bonds is 3. The number of amides is 1. The molecule has 0 saturated heterocycles. The quantitative estimate of drug-likeness (QED) is 0.458. The first-order valence-corrected chi connectivity index (χ1v) is 9.31. The van der Waals surface area contributed by atoms with Crippen LogP contribution in [0.25, 0.3) is 0 Å². The van der Waals surface area contributed by atoms with Crippen LogP contribution < -0.4 is 4.90 Å². The molecule has 1 heterocycles. The summed E-state index contributed by atoms with van der Waals surface area (Å²) in [5.74, 6) is -0.0635. The van der Waals surface area contributed by atoms with E-state index in [2.05, 4.69) is 0 Å². The number of non-ortho nitro benzene ring substituents is 1. The Labute approximate surface area is 168 Å². The van der Waals surface area contributed by atoms with Crippen LogP contribution in [0.4, 0.5) is 17.1 Å². The van der Waals surface area contributed by atoms with Gasteiger partial charge in [0, 0.05) is 25.5 Å². The number of aliphatic imine (C=N–C) groups is 1. The zero-order valence-corrected chi connectivity index (χ0v) is 15.9. The number of nitro benzene ring substituents is 1. The van der Waals surface area contributed by atoms with Gasteiger partial charge < -0.3 is 4.90 Å². The Balaban J connectivity index is 1.86. The summed E-state index contributed by atoms with van der Waals surface area (Å²) >= 11 is 0. The molecule has 1 atom stereocenters. The highest BCUT2D eigenvalue weighted by Gasteiger charge is 2.30. The predicted molar refractivity (Wildman–Crippen MR) is 113 cm³/mol. The molecule has 6 nitrogen and oxygen atoms in total. The number of fused-ring (bicyclic) bond motifs is 1. The highest BCUT2D eigenvalue weighted by atomic mass is 16.6. The van der Waals surface area contributed by atoms with Crippen molar-refractivity contribution in [1.29, 1.82) is 0 Å². The standard InChI is InChI=1S/C23H19N3O3/c1-16(27)25-22-10-6-5-9-20(22)24-21(15-23(25)18-7-3-2-4-8-18)17-11-13-19(14-12-17)26(28)29/h2-14,23H,15H2,1H3. The molecule has 0 saturated carbocycles. The van der Waals surface area contributed by atoms with Gasteiger partial charge in [0.1, 0.15) is 0 Å². The number of para-hydroxylation sites is 2. The van der Waals surface area contributed by atoms with Crippen LogP contribution in [0.2, 0.25) is 0 Å². The average molecular weight is 385 g/mol. The van der Waals surface area contributed by atoms with Crippen LogP contribution in [0.1, 0.15) is 30.5 Å². The van der Waals surface area contributed by atoms with Crippen molar-refractivity contribution in [2.75, 3.05) is 4.90 Å². The number of nitro groups is 1. The summed E-state index contributed by atoms with van der Waals surface area (Å²) in [6.45, 7) is 1.56. The molecule has 0 bridgehead atoms. The summed E-state index contributed by atoms with van der Waals surface area (Å²) in [6.07, 6.45) is 0.496. The molecule has 0 aliphatic carbocycles. The van der Waals surface area contributed by atoms with Gasteiger partial charge in [0.2, 0.25) is 5.91 Å². The minimum Gasteiger partial charge on any atom is -0.303 e. The fourth-order valence-electron chi connectivity index (χ4n) is 3.68. The van der Waals surface area contributed by atoms with Crippen molar-refractivity contribution < 1.29 is 9.72 Å². The molecular formula is C23H19N3O3. The third-order valence-electron chi connectivity index (χ3n) is 5.03. The fourth-order valence-corrected chi connectivity index (χ4v) is 3.68. The molecule has 144 valence electrons. The summed E-state index contributed by atoms with van der Waals surface area (Å²) in [4.78, 5) is 29.9. The summed E-state index contributed by atoms with van der Waals surface area (Å²) in [6, 6.07) is 23.6. The molecule has 4 rings (SSSR count). The van der Waals surface area contributed by atoms with Crippen molar-refractivity contribution in [3.05, 3.63) is 100 Å². The van der Waals surface area contributed by atoms with Gasteiger partial charge >= 0.3 is 0 Å². The van der Waals surface area contributed by atoms with E-state index in [0.717, 1.165) is 22.5 Å². The maximum absolute atomic E-state index is 12.7. The Kier molecular flexibility index (Phi) is 4.91. The van der Waals surface area contributed by atoms with Gasteiger partial charge in [-0.15, -0.1) is 0 Å². The molecule has 0 radical (unpaired) electrons. The van der Waals surface area contributed by atoms with Gasteiger partial charge in [0.05, 0.1) is 28.1 Å². The van der Waals surface area contributed by atoms with Gasteiger partial charge in [-0.25, -0.2) is 0 Å². The van der Waals surface area contributed by atoms with Crippen LogP contribution in [-0.2, 0) is 4.79 Å². The lowest BCUT2D eigenvalue weighted by atomic mass is 9.96. The summed E-state index contributed by atoms with van der Waals surface area (Å²) in [5, 5.41) is 11.0. The molecule has 1 unspecified atom stereocenters. The average Bonchev–Trinajstić information content (AvgIpc) is 2.91. The fraction of sp³-hybridized carbons (Fsp3) is 0.130. The van der Waals surface area contributed by atoms with Crippen LogP contribution >= 0.6 is 0 Å². The first kappa shape index (κ1) is 18.6. The topological polar surface area (TPSA) is 75.8 Å². The Morgan fingerprint density at radius 2 is 1.66 bits per heavy atom. The highest BCUT2D eigenvalue weighted by molar-refractivity contribution is 6.07. The number of nitrogens with zero attached hydrogens (tertiary/aromatic N) is 3. The molecule has 1 aliphatic rings. The van der Waals surface area contributed by atoms with Gasteiger partial charge in [-0.2, -0.15) is 0 Å². The number of hydrogen-bond acceptors (Lipinski definition) is 4. The second-order valence-corrected chi connectivity index (χ2v) is 6.87. The zero-order valence-electron chi connectivity index (χ0n) is 15.9. The first-order valence-electron chi connectivity index (χ1n) is 9.31. The third-order valence-corrected chi connectivity index (χ3v) is 5.03. The van der Waals surface area contributed by atoms with Gasteiger partial charge in [-0.05, 0) is 35.4 Å².